The SMILES string of the molecule is COC(OC)C(CCc1ccc(Sc2cccc(OCc3ccccc3)c2)cc1Cl)(CCP(=O)(OC)OC)NC(=O)OC(C)(C)C. The maximum Gasteiger partial charge on any atom is 0.408 e. The second-order valence-corrected chi connectivity index (χ2v) is 15.6. The van der Waals surface area contributed by atoms with Crippen LogP contribution in [0.15, 0.2) is 82.6 Å². The smallest absolute Gasteiger partial charge is 0.408 e. The number of methoxy groups -OCH3 is 2. The highest BCUT2D eigenvalue weighted by atomic mass is 35.5. The first kappa shape index (κ1) is 37.9. The molecule has 46 heavy (non-hydrogen) atoms. The molecule has 0 bridgehead atoms. The van der Waals surface area contributed by atoms with Crippen molar-refractivity contribution < 1.29 is 37.4 Å². The number of ether oxygens (including phenoxy) is 4. The van der Waals surface area contributed by atoms with E-state index in [-0.39, 0.29) is 12.6 Å². The third kappa shape index (κ3) is 11.6. The molecular formula is C34H45ClNO8PS. The molecule has 0 saturated carbocycles. The molecule has 0 aliphatic heterocycles. The van der Waals surface area contributed by atoms with Crippen molar-refractivity contribution in [1.82, 2.24) is 5.32 Å². The molecule has 252 valence electrons. The molecule has 1 unspecified atom stereocenters. The zero-order valence-electron chi connectivity index (χ0n) is 27.5. The lowest BCUT2D eigenvalue weighted by Crippen LogP contribution is -2.59. The second-order valence-electron chi connectivity index (χ2n) is 11.6. The van der Waals surface area contributed by atoms with E-state index in [0.29, 0.717) is 24.5 Å². The van der Waals surface area contributed by atoms with E-state index in [2.05, 4.69) is 5.32 Å². The summed E-state index contributed by atoms with van der Waals surface area (Å²) in [4.78, 5) is 15.1. The van der Waals surface area contributed by atoms with Gasteiger partial charge >= 0.3 is 13.7 Å². The normalized spacial score (nSPS) is 13.3. The molecule has 3 aromatic carbocycles. The molecule has 0 heterocycles. The van der Waals surface area contributed by atoms with Crippen molar-refractivity contribution >= 4 is 37.1 Å². The molecule has 12 heteroatoms. The fourth-order valence-corrected chi connectivity index (χ4v) is 7.28. The van der Waals surface area contributed by atoms with Crippen molar-refractivity contribution in [3.8, 4) is 5.75 Å². The highest BCUT2D eigenvalue weighted by Crippen LogP contribution is 2.48. The van der Waals surface area contributed by atoms with Crippen LogP contribution in [0.1, 0.15) is 44.7 Å². The van der Waals surface area contributed by atoms with Gasteiger partial charge in [-0.25, -0.2) is 4.79 Å². The fourth-order valence-electron chi connectivity index (χ4n) is 4.85. The molecule has 9 nitrogen and oxygen atoms in total. The third-order valence-electron chi connectivity index (χ3n) is 7.17. The van der Waals surface area contributed by atoms with E-state index < -0.39 is 31.1 Å². The molecule has 1 atom stereocenters. The van der Waals surface area contributed by atoms with Crippen LogP contribution in [0.4, 0.5) is 4.79 Å². The Hall–Kier alpha value is -2.56. The van der Waals surface area contributed by atoms with E-state index in [9.17, 15) is 9.36 Å². The number of carbonyl (C=O) groups excluding carboxylic acids is 1. The number of halogens is 1. The van der Waals surface area contributed by atoms with E-state index in [4.69, 9.17) is 39.6 Å². The van der Waals surface area contributed by atoms with Gasteiger partial charge in [0.25, 0.3) is 0 Å². The zero-order valence-corrected chi connectivity index (χ0v) is 30.0. The lowest BCUT2D eigenvalue weighted by atomic mass is 9.87. The van der Waals surface area contributed by atoms with E-state index in [1.165, 1.54) is 28.4 Å². The predicted octanol–water partition coefficient (Wildman–Crippen LogP) is 8.76. The summed E-state index contributed by atoms with van der Waals surface area (Å²) in [6.07, 6.45) is -0.673. The Morgan fingerprint density at radius 3 is 2.17 bits per heavy atom. The summed E-state index contributed by atoms with van der Waals surface area (Å²) in [5.74, 6) is 0.780. The number of amides is 1. The van der Waals surface area contributed by atoms with E-state index >= 15 is 0 Å². The molecule has 3 rings (SSSR count). The highest BCUT2D eigenvalue weighted by molar-refractivity contribution is 7.99. The lowest BCUT2D eigenvalue weighted by Gasteiger charge is -2.40. The van der Waals surface area contributed by atoms with Crippen molar-refractivity contribution in [3.05, 3.63) is 88.9 Å². The minimum Gasteiger partial charge on any atom is -0.489 e. The summed E-state index contributed by atoms with van der Waals surface area (Å²) in [5, 5.41) is 3.54. The van der Waals surface area contributed by atoms with Gasteiger partial charge in [0.2, 0.25) is 0 Å². The molecule has 0 fully saturated rings. The Bertz CT molecular complexity index is 1440. The van der Waals surface area contributed by atoms with E-state index in [1.807, 2.05) is 72.8 Å². The van der Waals surface area contributed by atoms with Crippen molar-refractivity contribution in [1.29, 1.82) is 0 Å². The molecule has 0 spiro atoms. The largest absolute Gasteiger partial charge is 0.489 e. The highest BCUT2D eigenvalue weighted by Gasteiger charge is 2.44. The van der Waals surface area contributed by atoms with Gasteiger partial charge in [0.15, 0.2) is 6.29 Å². The van der Waals surface area contributed by atoms with Gasteiger partial charge in [0.1, 0.15) is 18.0 Å². The molecule has 0 saturated heterocycles. The third-order valence-corrected chi connectivity index (χ3v) is 10.4. The van der Waals surface area contributed by atoms with E-state index in [0.717, 1.165) is 26.7 Å². The summed E-state index contributed by atoms with van der Waals surface area (Å²) in [6.45, 7) is 5.81. The van der Waals surface area contributed by atoms with Crippen LogP contribution in [0, 0.1) is 0 Å². The summed E-state index contributed by atoms with van der Waals surface area (Å²) in [7, 11) is 2.17. The van der Waals surface area contributed by atoms with Crippen LogP contribution in [0.5, 0.6) is 5.75 Å². The van der Waals surface area contributed by atoms with Gasteiger partial charge in [-0.3, -0.25) is 4.57 Å². The van der Waals surface area contributed by atoms with Gasteiger partial charge < -0.3 is 33.3 Å². The number of hydrogen-bond acceptors (Lipinski definition) is 9. The average molecular weight is 694 g/mol. The van der Waals surface area contributed by atoms with Gasteiger partial charge in [-0.05, 0) is 81.5 Å². The number of aryl methyl sites for hydroxylation is 1. The monoisotopic (exact) mass is 693 g/mol. The molecule has 0 radical (unpaired) electrons. The number of alkyl carbamates (subject to hydrolysis) is 1. The van der Waals surface area contributed by atoms with Crippen LogP contribution in [0.3, 0.4) is 0 Å². The Morgan fingerprint density at radius 1 is 0.891 bits per heavy atom. The van der Waals surface area contributed by atoms with Gasteiger partial charge in [0.05, 0.1) is 11.7 Å². The molecule has 1 N–H and O–H groups in total. The molecule has 0 aliphatic carbocycles. The zero-order chi connectivity index (χ0) is 33.8. The van der Waals surface area contributed by atoms with Crippen LogP contribution < -0.4 is 10.1 Å². The van der Waals surface area contributed by atoms with Crippen molar-refractivity contribution in [3.63, 3.8) is 0 Å². The summed E-state index contributed by atoms with van der Waals surface area (Å²) in [6, 6.07) is 23.8. The standard InChI is InChI=1S/C34H45ClNO8PS/c1-33(2,3)44-32(37)36-34(31(39-4)40-5,20-21-45(38,41-6)42-7)19-18-26-16-17-29(23-30(26)35)46-28-15-11-14-27(22-28)43-24-25-12-9-8-10-13-25/h8-17,22-23,31H,18-21,24H2,1-7H3,(H,36,37). The van der Waals surface area contributed by atoms with Crippen molar-refractivity contribution in [2.24, 2.45) is 0 Å². The first-order chi connectivity index (χ1) is 21.8. The molecule has 1 amide bonds. The van der Waals surface area contributed by atoms with Crippen molar-refractivity contribution in [2.75, 3.05) is 34.6 Å². The number of nitrogens with one attached hydrogen (secondary N) is 1. The number of rotatable bonds is 17. The topological polar surface area (TPSA) is 102 Å². The van der Waals surface area contributed by atoms with Gasteiger partial charge in [-0.1, -0.05) is 65.8 Å². The first-order valence-corrected chi connectivity index (χ1v) is 17.8. The molecule has 0 aromatic heterocycles. The summed E-state index contributed by atoms with van der Waals surface area (Å²) < 4.78 is 46.3. The Morgan fingerprint density at radius 2 is 1.57 bits per heavy atom. The van der Waals surface area contributed by atoms with Crippen molar-refractivity contribution in [2.45, 2.75) is 73.9 Å². The Balaban J connectivity index is 1.80. The van der Waals surface area contributed by atoms with Crippen LogP contribution in [-0.4, -0.2) is 58.1 Å². The maximum atomic E-state index is 13.1. The number of benzene rings is 3. The Labute approximate surface area is 282 Å². The fraction of sp³-hybridized carbons (Fsp3) is 0.441. The predicted molar refractivity (Wildman–Crippen MR) is 182 cm³/mol. The lowest BCUT2D eigenvalue weighted by molar-refractivity contribution is -0.158. The Kier molecular flexibility index (Phi) is 14.5. The van der Waals surface area contributed by atoms with Gasteiger partial charge in [-0.2, -0.15) is 0 Å². The quantitative estimate of drug-likeness (QED) is 0.110. The second kappa shape index (κ2) is 17.6. The van der Waals surface area contributed by atoms with Crippen LogP contribution in [0.25, 0.3) is 0 Å². The summed E-state index contributed by atoms with van der Waals surface area (Å²) >= 11 is 8.39. The summed E-state index contributed by atoms with van der Waals surface area (Å²) in [5.41, 5.74) is 0.0375. The van der Waals surface area contributed by atoms with Crippen LogP contribution in [-0.2, 0) is 40.9 Å². The first-order valence-electron chi connectivity index (χ1n) is 14.8. The van der Waals surface area contributed by atoms with Gasteiger partial charge in [0, 0.05) is 43.3 Å². The molecule has 3 aromatic rings. The number of hydrogen-bond donors (Lipinski definition) is 1. The van der Waals surface area contributed by atoms with Crippen LogP contribution >= 0.6 is 31.0 Å². The maximum absolute atomic E-state index is 13.1. The van der Waals surface area contributed by atoms with E-state index in [1.54, 1.807) is 32.5 Å². The van der Waals surface area contributed by atoms with Gasteiger partial charge in [-0.15, -0.1) is 0 Å². The van der Waals surface area contributed by atoms with Crippen LogP contribution in [0.2, 0.25) is 5.02 Å². The minimum absolute atomic E-state index is 0.00352. The number of carbonyl (C=O) groups is 1. The average Bonchev–Trinajstić information content (AvgIpc) is 3.02. The molecule has 0 aliphatic rings. The molecular weight excluding hydrogens is 649 g/mol. The minimum atomic E-state index is -3.43.